The predicted octanol–water partition coefficient (Wildman–Crippen LogP) is 1.93. The van der Waals surface area contributed by atoms with Gasteiger partial charge in [-0.05, 0) is 4.48 Å². The van der Waals surface area contributed by atoms with Gasteiger partial charge in [-0.25, -0.2) is 4.55 Å². The van der Waals surface area contributed by atoms with Gasteiger partial charge in [0.05, 0.1) is 0 Å². The summed E-state index contributed by atoms with van der Waals surface area (Å²) < 4.78 is 122. The molecule has 0 amide bonds. The van der Waals surface area contributed by atoms with Crippen molar-refractivity contribution in [2.24, 2.45) is 0 Å². The molecule has 3 heterocycles. The second-order valence-electron chi connectivity index (χ2n) is 4.87. The summed E-state index contributed by atoms with van der Waals surface area (Å²) in [6.07, 6.45) is 0. The van der Waals surface area contributed by atoms with Crippen molar-refractivity contribution in [1.29, 1.82) is 0 Å². The molecule has 0 aliphatic carbocycles. The molecular formula is C6H13B2F9N2O3S. The minimum absolute atomic E-state index is 0.190. The first kappa shape index (κ1) is 22.3. The van der Waals surface area contributed by atoms with Gasteiger partial charge in [0.15, 0.2) is 19.6 Å². The Bertz CT molecular complexity index is 448. The van der Waals surface area contributed by atoms with Crippen molar-refractivity contribution in [2.75, 3.05) is 39.3 Å². The van der Waals surface area contributed by atoms with Crippen molar-refractivity contribution < 1.29 is 60.6 Å². The second kappa shape index (κ2) is 7.06. The number of quaternary nitrogens is 2. The molecule has 3 rings (SSSR count). The highest BCUT2D eigenvalue weighted by Crippen LogP contribution is 2.29. The van der Waals surface area contributed by atoms with Crippen LogP contribution in [-0.4, -0.2) is 75.3 Å². The van der Waals surface area contributed by atoms with E-state index in [1.807, 2.05) is 0 Å². The van der Waals surface area contributed by atoms with Gasteiger partial charge in [0.1, 0.15) is 19.6 Å². The monoisotopic (exact) mass is 386 g/mol. The minimum Gasteiger partial charge on any atom is -0.418 e. The molecule has 17 heteroatoms. The van der Waals surface area contributed by atoms with E-state index in [9.17, 15) is 47.4 Å². The van der Waals surface area contributed by atoms with Crippen LogP contribution < -0.4 is 0 Å². The fourth-order valence-electron chi connectivity index (χ4n) is 2.10. The Hall–Kier alpha value is -0.670. The Labute approximate surface area is 125 Å². The van der Waals surface area contributed by atoms with Crippen LogP contribution in [0.3, 0.4) is 0 Å². The quantitative estimate of drug-likeness (QED) is 0.247. The maximum atomic E-state index is 13.5. The van der Waals surface area contributed by atoms with Crippen LogP contribution in [0.5, 0.6) is 0 Å². The Morgan fingerprint density at radius 1 is 0.696 bits per heavy atom. The Morgan fingerprint density at radius 3 is 1.09 bits per heavy atom. The fourth-order valence-corrected chi connectivity index (χ4v) is 3.04. The van der Waals surface area contributed by atoms with Crippen LogP contribution in [-0.2, 0) is 10.3 Å². The molecular weight excluding hydrogens is 373 g/mol. The molecule has 0 saturated carbocycles. The number of rotatable bonds is 1. The van der Waals surface area contributed by atoms with E-state index < -0.39 is 29.5 Å². The van der Waals surface area contributed by atoms with Crippen molar-refractivity contribution in [3.05, 3.63) is 0 Å². The van der Waals surface area contributed by atoms with E-state index in [-0.39, 0.29) is 43.2 Å². The second-order valence-corrected chi connectivity index (χ2v) is 6.54. The van der Waals surface area contributed by atoms with Crippen LogP contribution in [0.4, 0.5) is 39.0 Å². The van der Waals surface area contributed by atoms with E-state index >= 15 is 0 Å². The third-order valence-electron chi connectivity index (χ3n) is 3.21. The molecule has 2 bridgehead atoms. The highest BCUT2D eigenvalue weighted by atomic mass is 32.2. The first-order chi connectivity index (χ1) is 9.87. The standard InChI is InChI=1S/C6H12FN2O3S.2BF4/c7-8-1-4-9(5-2-8,6-3-8)13(10,11)12;2*2-1(3,4)5/h1-6H2;;/q+1;2*-1/p+1. The summed E-state index contributed by atoms with van der Waals surface area (Å²) in [4.78, 5) is 0. The third kappa shape index (κ3) is 9.26. The SMILES string of the molecule is F[B-](F)(F)F.F[B-](F)(F)F.O=S(=O)(O)[N+]12CC[N+](F)(CC1)CC2. The highest BCUT2D eigenvalue weighted by molar-refractivity contribution is 7.80. The lowest BCUT2D eigenvalue weighted by Crippen LogP contribution is -2.73. The molecule has 3 aliphatic rings. The topological polar surface area (TPSA) is 54.4 Å². The molecule has 0 aromatic heterocycles. The summed E-state index contributed by atoms with van der Waals surface area (Å²) in [7, 11) is -16.1. The number of hydrogen-bond donors (Lipinski definition) is 1. The number of halogens is 9. The number of piperazine rings is 3. The molecule has 0 aromatic carbocycles. The van der Waals surface area contributed by atoms with E-state index in [2.05, 4.69) is 0 Å². The van der Waals surface area contributed by atoms with Gasteiger partial charge in [-0.3, -0.25) is 0 Å². The van der Waals surface area contributed by atoms with Gasteiger partial charge in [-0.15, -0.1) is 13.1 Å². The Morgan fingerprint density at radius 2 is 0.913 bits per heavy atom. The minimum atomic E-state index is -6.00. The fraction of sp³-hybridized carbons (Fsp3) is 1.00. The van der Waals surface area contributed by atoms with E-state index in [1.165, 1.54) is 0 Å². The van der Waals surface area contributed by atoms with E-state index in [4.69, 9.17) is 4.55 Å². The Balaban J connectivity index is 0.000000406. The summed E-state index contributed by atoms with van der Waals surface area (Å²) in [5.41, 5.74) is 0. The Kier molecular flexibility index (Phi) is 6.86. The van der Waals surface area contributed by atoms with Crippen LogP contribution in [0.15, 0.2) is 0 Å². The van der Waals surface area contributed by atoms with Crippen LogP contribution >= 0.6 is 0 Å². The smallest absolute Gasteiger partial charge is 0.418 e. The van der Waals surface area contributed by atoms with Gasteiger partial charge in [0.25, 0.3) is 0 Å². The average molecular weight is 386 g/mol. The largest absolute Gasteiger partial charge is 0.673 e. The molecule has 0 spiro atoms. The van der Waals surface area contributed by atoms with Gasteiger partial charge < -0.3 is 34.5 Å². The summed E-state index contributed by atoms with van der Waals surface area (Å²) in [5, 5.41) is 0. The summed E-state index contributed by atoms with van der Waals surface area (Å²) >= 11 is 0. The lowest BCUT2D eigenvalue weighted by atomic mass is 10.2. The van der Waals surface area contributed by atoms with E-state index in [0.29, 0.717) is 0 Å². The average Bonchev–Trinajstić information content (AvgIpc) is 2.24. The molecule has 5 nitrogen and oxygen atoms in total. The van der Waals surface area contributed by atoms with Crippen LogP contribution in [0, 0.1) is 0 Å². The van der Waals surface area contributed by atoms with Crippen LogP contribution in [0.2, 0.25) is 0 Å². The number of hydrogen-bond acceptors (Lipinski definition) is 2. The van der Waals surface area contributed by atoms with Crippen LogP contribution in [0.1, 0.15) is 0 Å². The third-order valence-corrected chi connectivity index (χ3v) is 4.74. The van der Waals surface area contributed by atoms with E-state index in [0.717, 1.165) is 0 Å². The highest BCUT2D eigenvalue weighted by Gasteiger charge is 2.57. The van der Waals surface area contributed by atoms with E-state index in [1.54, 1.807) is 0 Å². The van der Waals surface area contributed by atoms with Crippen molar-refractivity contribution in [3.63, 3.8) is 0 Å². The van der Waals surface area contributed by atoms with Crippen molar-refractivity contribution in [1.82, 2.24) is 0 Å². The molecule has 3 fully saturated rings. The zero-order valence-corrected chi connectivity index (χ0v) is 12.2. The summed E-state index contributed by atoms with van der Waals surface area (Å²) in [6, 6.07) is 0. The van der Waals surface area contributed by atoms with Gasteiger partial charge in [-0.1, -0.05) is 0 Å². The van der Waals surface area contributed by atoms with Crippen LogP contribution in [0.25, 0.3) is 0 Å². The number of fused-ring (bicyclic) bond motifs is 3. The summed E-state index contributed by atoms with van der Waals surface area (Å²) in [5.74, 6) is 0. The number of nitrogens with zero attached hydrogens (tertiary/aromatic N) is 2. The van der Waals surface area contributed by atoms with Crippen molar-refractivity contribution in [2.45, 2.75) is 0 Å². The lowest BCUT2D eigenvalue weighted by molar-refractivity contribution is -1.12. The van der Waals surface area contributed by atoms with Gasteiger partial charge >= 0.3 is 24.8 Å². The zero-order chi connectivity index (χ0) is 18.7. The maximum Gasteiger partial charge on any atom is 0.673 e. The maximum absolute atomic E-state index is 13.5. The molecule has 1 N–H and O–H groups in total. The van der Waals surface area contributed by atoms with Gasteiger partial charge in [0, 0.05) is 0 Å². The zero-order valence-electron chi connectivity index (χ0n) is 11.4. The molecule has 3 saturated heterocycles. The molecule has 0 radical (unpaired) electrons. The molecule has 0 atom stereocenters. The first-order valence-corrected chi connectivity index (χ1v) is 7.41. The molecule has 140 valence electrons. The molecule has 0 unspecified atom stereocenters. The van der Waals surface area contributed by atoms with Crippen molar-refractivity contribution in [3.8, 4) is 0 Å². The molecule has 0 aromatic rings. The normalized spacial score (nSPS) is 30.7. The first-order valence-electron chi connectivity index (χ1n) is 6.01. The molecule has 3 aliphatic heterocycles. The summed E-state index contributed by atoms with van der Waals surface area (Å²) in [6.45, 7) is 1.15. The van der Waals surface area contributed by atoms with Crippen molar-refractivity contribution >= 4 is 24.8 Å². The van der Waals surface area contributed by atoms with Gasteiger partial charge in [-0.2, -0.15) is 3.89 Å². The predicted molar refractivity (Wildman–Crippen MR) is 62.8 cm³/mol. The lowest BCUT2D eigenvalue weighted by Gasteiger charge is -2.46. The molecule has 23 heavy (non-hydrogen) atoms. The van der Waals surface area contributed by atoms with Gasteiger partial charge in [0.2, 0.25) is 0 Å².